The van der Waals surface area contributed by atoms with Crippen LogP contribution in [0.5, 0.6) is 5.75 Å². The van der Waals surface area contributed by atoms with Crippen LogP contribution in [0.1, 0.15) is 36.5 Å². The van der Waals surface area contributed by atoms with Crippen molar-refractivity contribution in [2.24, 2.45) is 4.99 Å². The van der Waals surface area contributed by atoms with Gasteiger partial charge in [-0.2, -0.15) is 4.31 Å². The molecule has 1 saturated heterocycles. The number of nitrogens with zero attached hydrogens (tertiary/aromatic N) is 2. The van der Waals surface area contributed by atoms with Gasteiger partial charge in [-0.05, 0) is 56.0 Å². The molecule has 0 bridgehead atoms. The Kier molecular flexibility index (Phi) is 7.92. The van der Waals surface area contributed by atoms with E-state index in [1.54, 1.807) is 23.5 Å². The zero-order valence-corrected chi connectivity index (χ0v) is 19.3. The molecule has 0 aromatic heterocycles. The number of guanidine groups is 1. The molecule has 2 aromatic rings. The van der Waals surface area contributed by atoms with E-state index in [1.807, 2.05) is 38.1 Å². The molecule has 2 aromatic carbocycles. The molecule has 31 heavy (non-hydrogen) atoms. The Morgan fingerprint density at radius 2 is 1.81 bits per heavy atom. The van der Waals surface area contributed by atoms with E-state index in [2.05, 4.69) is 21.7 Å². The minimum Gasteiger partial charge on any atom is -0.496 e. The monoisotopic (exact) mass is 444 g/mol. The molecule has 0 atom stereocenters. The maximum Gasteiger partial charge on any atom is 0.243 e. The Balaban J connectivity index is 1.65. The highest BCUT2D eigenvalue weighted by Crippen LogP contribution is 2.21. The fourth-order valence-corrected chi connectivity index (χ4v) is 5.05. The largest absolute Gasteiger partial charge is 0.496 e. The van der Waals surface area contributed by atoms with Crippen LogP contribution in [-0.2, 0) is 23.1 Å². The lowest BCUT2D eigenvalue weighted by atomic mass is 10.1. The van der Waals surface area contributed by atoms with Crippen LogP contribution in [0.2, 0.25) is 0 Å². The van der Waals surface area contributed by atoms with E-state index in [0.29, 0.717) is 37.0 Å². The molecule has 1 aliphatic heterocycles. The second kappa shape index (κ2) is 10.6. The average molecular weight is 445 g/mol. The Morgan fingerprint density at radius 1 is 1.10 bits per heavy atom. The summed E-state index contributed by atoms with van der Waals surface area (Å²) in [7, 11) is -1.71. The fourth-order valence-electron chi connectivity index (χ4n) is 3.53. The Labute approximate surface area is 185 Å². The summed E-state index contributed by atoms with van der Waals surface area (Å²) >= 11 is 0. The summed E-state index contributed by atoms with van der Waals surface area (Å²) in [5.41, 5.74) is 3.15. The first-order chi connectivity index (χ1) is 14.9. The number of ether oxygens (including phenoxy) is 1. The van der Waals surface area contributed by atoms with Crippen LogP contribution in [-0.4, -0.2) is 45.4 Å². The molecule has 8 heteroatoms. The number of hydrogen-bond donors (Lipinski definition) is 2. The minimum atomic E-state index is -3.38. The molecule has 168 valence electrons. The van der Waals surface area contributed by atoms with Gasteiger partial charge in [-0.15, -0.1) is 0 Å². The maximum absolute atomic E-state index is 12.7. The van der Waals surface area contributed by atoms with E-state index in [0.717, 1.165) is 41.8 Å². The third-order valence-electron chi connectivity index (χ3n) is 5.28. The molecule has 1 fully saturated rings. The van der Waals surface area contributed by atoms with Crippen molar-refractivity contribution in [3.8, 4) is 5.75 Å². The van der Waals surface area contributed by atoms with Crippen LogP contribution in [0.4, 0.5) is 0 Å². The Morgan fingerprint density at radius 3 is 2.45 bits per heavy atom. The zero-order chi connectivity index (χ0) is 22.3. The first-order valence-corrected chi connectivity index (χ1v) is 12.1. The number of sulfonamides is 1. The molecule has 1 heterocycles. The van der Waals surface area contributed by atoms with Crippen molar-refractivity contribution in [3.63, 3.8) is 0 Å². The van der Waals surface area contributed by atoms with E-state index in [4.69, 9.17) is 4.74 Å². The highest BCUT2D eigenvalue weighted by atomic mass is 32.2. The fraction of sp³-hybridized carbons (Fsp3) is 0.435. The van der Waals surface area contributed by atoms with Gasteiger partial charge in [-0.1, -0.05) is 24.3 Å². The van der Waals surface area contributed by atoms with Gasteiger partial charge in [-0.25, -0.2) is 13.4 Å². The maximum atomic E-state index is 12.7. The minimum absolute atomic E-state index is 0.346. The average Bonchev–Trinajstić information content (AvgIpc) is 3.32. The molecule has 0 spiro atoms. The van der Waals surface area contributed by atoms with Crippen molar-refractivity contribution in [1.29, 1.82) is 0 Å². The highest BCUT2D eigenvalue weighted by molar-refractivity contribution is 7.89. The predicted molar refractivity (Wildman–Crippen MR) is 124 cm³/mol. The third kappa shape index (κ3) is 5.98. The Bertz CT molecular complexity index is 998. The van der Waals surface area contributed by atoms with Gasteiger partial charge >= 0.3 is 0 Å². The molecule has 3 rings (SSSR count). The summed E-state index contributed by atoms with van der Waals surface area (Å²) in [4.78, 5) is 4.98. The molecular weight excluding hydrogens is 412 g/mol. The number of hydrogen-bond acceptors (Lipinski definition) is 4. The van der Waals surface area contributed by atoms with Gasteiger partial charge < -0.3 is 15.4 Å². The second-order valence-electron chi connectivity index (χ2n) is 7.62. The highest BCUT2D eigenvalue weighted by Gasteiger charge is 2.26. The molecule has 1 aliphatic rings. The molecule has 7 nitrogen and oxygen atoms in total. The quantitative estimate of drug-likeness (QED) is 0.483. The first-order valence-electron chi connectivity index (χ1n) is 10.7. The number of aryl methyl sites for hydroxylation is 1. The van der Waals surface area contributed by atoms with Crippen LogP contribution in [0, 0.1) is 6.92 Å². The van der Waals surface area contributed by atoms with Crippen LogP contribution in [0.25, 0.3) is 0 Å². The van der Waals surface area contributed by atoms with Crippen LogP contribution in [0.15, 0.2) is 52.4 Å². The summed E-state index contributed by atoms with van der Waals surface area (Å²) in [5, 5.41) is 6.57. The third-order valence-corrected chi connectivity index (χ3v) is 7.19. The van der Waals surface area contributed by atoms with Crippen LogP contribution >= 0.6 is 0 Å². The lowest BCUT2D eigenvalue weighted by molar-refractivity contribution is 0.408. The second-order valence-corrected chi connectivity index (χ2v) is 9.56. The van der Waals surface area contributed by atoms with E-state index < -0.39 is 10.0 Å². The van der Waals surface area contributed by atoms with Crippen molar-refractivity contribution >= 4 is 16.0 Å². The summed E-state index contributed by atoms with van der Waals surface area (Å²) in [6, 6.07) is 13.1. The number of aliphatic imine (C=N–C) groups is 1. The van der Waals surface area contributed by atoms with Crippen LogP contribution in [0.3, 0.4) is 0 Å². The van der Waals surface area contributed by atoms with Crippen molar-refractivity contribution < 1.29 is 13.2 Å². The number of methoxy groups -OCH3 is 1. The Hall–Kier alpha value is -2.58. The normalized spacial score (nSPS) is 15.1. The number of rotatable bonds is 8. The van der Waals surface area contributed by atoms with Gasteiger partial charge in [0.05, 0.1) is 18.6 Å². The van der Waals surface area contributed by atoms with E-state index in [-0.39, 0.29) is 0 Å². The topological polar surface area (TPSA) is 83.0 Å². The molecular formula is C23H32N4O3S. The summed E-state index contributed by atoms with van der Waals surface area (Å²) in [6.45, 7) is 7.04. The lowest BCUT2D eigenvalue weighted by Gasteiger charge is -2.15. The molecule has 2 N–H and O–H groups in total. The summed E-state index contributed by atoms with van der Waals surface area (Å²) < 4.78 is 32.3. The van der Waals surface area contributed by atoms with Gasteiger partial charge in [0.25, 0.3) is 0 Å². The van der Waals surface area contributed by atoms with Gasteiger partial charge in [0.2, 0.25) is 10.0 Å². The number of benzene rings is 2. The van der Waals surface area contributed by atoms with Gasteiger partial charge in [0.15, 0.2) is 5.96 Å². The standard InChI is InChI=1S/C23H32N4O3S/c1-4-24-23(26-17-20-10-7-18(2)15-22(20)30-3)25-16-19-8-11-21(12-9-19)31(28,29)27-13-5-6-14-27/h7-12,15H,4-6,13-14,16-17H2,1-3H3,(H2,24,25,26). The van der Waals surface area contributed by atoms with Crippen molar-refractivity contribution in [3.05, 3.63) is 59.2 Å². The van der Waals surface area contributed by atoms with Crippen molar-refractivity contribution in [2.75, 3.05) is 26.7 Å². The van der Waals surface area contributed by atoms with E-state index in [1.165, 1.54) is 0 Å². The van der Waals surface area contributed by atoms with E-state index >= 15 is 0 Å². The van der Waals surface area contributed by atoms with Crippen molar-refractivity contribution in [2.45, 2.75) is 44.7 Å². The predicted octanol–water partition coefficient (Wildman–Crippen LogP) is 3.04. The van der Waals surface area contributed by atoms with Gasteiger partial charge in [-0.3, -0.25) is 0 Å². The molecule has 0 radical (unpaired) electrons. The lowest BCUT2D eigenvalue weighted by Crippen LogP contribution is -2.36. The first kappa shape index (κ1) is 23.1. The molecule has 0 unspecified atom stereocenters. The van der Waals surface area contributed by atoms with Crippen LogP contribution < -0.4 is 15.4 Å². The van der Waals surface area contributed by atoms with Gasteiger partial charge in [0, 0.05) is 31.7 Å². The molecule has 0 amide bonds. The number of nitrogens with one attached hydrogen (secondary N) is 2. The van der Waals surface area contributed by atoms with Crippen molar-refractivity contribution in [1.82, 2.24) is 14.9 Å². The summed E-state index contributed by atoms with van der Waals surface area (Å²) in [6.07, 6.45) is 1.86. The van der Waals surface area contributed by atoms with Gasteiger partial charge in [0.1, 0.15) is 5.75 Å². The molecule has 0 aliphatic carbocycles. The smallest absolute Gasteiger partial charge is 0.243 e. The SMILES string of the molecule is CCNC(=NCc1ccc(S(=O)(=O)N2CCCC2)cc1)NCc1ccc(C)cc1OC. The zero-order valence-electron chi connectivity index (χ0n) is 18.5. The van der Waals surface area contributed by atoms with E-state index in [9.17, 15) is 8.42 Å². The molecule has 0 saturated carbocycles. The summed E-state index contributed by atoms with van der Waals surface area (Å²) in [5.74, 6) is 1.54.